The number of benzene rings is 1. The molecule has 2 N–H and O–H groups in total. The molecule has 5 nitrogen and oxygen atoms in total. The fourth-order valence-electron chi connectivity index (χ4n) is 2.44. The highest BCUT2D eigenvalue weighted by Gasteiger charge is 2.22. The molecule has 114 valence electrons. The zero-order valence-electron chi connectivity index (χ0n) is 12.8. The zero-order chi connectivity index (χ0) is 15.6. The topological polar surface area (TPSA) is 75.3 Å². The monoisotopic (exact) mass is 290 g/mol. The summed E-state index contributed by atoms with van der Waals surface area (Å²) >= 11 is 0. The van der Waals surface area contributed by atoms with Crippen LogP contribution in [-0.2, 0) is 13.0 Å². The van der Waals surface area contributed by atoms with Gasteiger partial charge in [-0.1, -0.05) is 26.8 Å². The normalized spacial score (nSPS) is 12.0. The minimum atomic E-state index is -0.963. The number of aromatic nitrogens is 2. The Morgan fingerprint density at radius 1 is 1.38 bits per heavy atom. The average Bonchev–Trinajstić information content (AvgIpc) is 2.76. The van der Waals surface area contributed by atoms with Gasteiger partial charge in [0.15, 0.2) is 0 Å². The maximum absolute atomic E-state index is 11.3. The highest BCUT2D eigenvalue weighted by Crippen LogP contribution is 2.26. The lowest BCUT2D eigenvalue weighted by molar-refractivity contribution is 0.0699. The number of fused-ring (bicyclic) bond motifs is 1. The fourth-order valence-corrected chi connectivity index (χ4v) is 2.44. The lowest BCUT2D eigenvalue weighted by Gasteiger charge is -2.23. The van der Waals surface area contributed by atoms with Crippen LogP contribution in [0.4, 0.5) is 0 Å². The largest absolute Gasteiger partial charge is 0.478 e. The van der Waals surface area contributed by atoms with Crippen LogP contribution in [0.3, 0.4) is 0 Å². The maximum Gasteiger partial charge on any atom is 0.337 e. The van der Waals surface area contributed by atoms with Gasteiger partial charge in [-0.25, -0.2) is 9.78 Å². The number of hydrogen-bond acceptors (Lipinski definition) is 3. The first-order valence-corrected chi connectivity index (χ1v) is 7.22. The Morgan fingerprint density at radius 3 is 2.67 bits per heavy atom. The van der Waals surface area contributed by atoms with Crippen molar-refractivity contribution >= 4 is 17.0 Å². The van der Waals surface area contributed by atoms with Crippen molar-refractivity contribution in [1.82, 2.24) is 9.55 Å². The molecular weight excluding hydrogens is 268 g/mol. The molecule has 0 aliphatic heterocycles. The highest BCUT2D eigenvalue weighted by atomic mass is 16.4. The molecule has 0 aliphatic carbocycles. The van der Waals surface area contributed by atoms with Crippen molar-refractivity contribution in [2.45, 2.75) is 40.2 Å². The van der Waals surface area contributed by atoms with Crippen molar-refractivity contribution in [3.05, 3.63) is 29.6 Å². The second-order valence-corrected chi connectivity index (χ2v) is 6.16. The van der Waals surface area contributed by atoms with E-state index in [1.807, 2.05) is 24.5 Å². The quantitative estimate of drug-likeness (QED) is 0.857. The van der Waals surface area contributed by atoms with Gasteiger partial charge in [0.25, 0.3) is 0 Å². The van der Waals surface area contributed by atoms with E-state index < -0.39 is 5.97 Å². The van der Waals surface area contributed by atoms with Gasteiger partial charge in [-0.2, -0.15) is 0 Å². The third kappa shape index (κ3) is 3.08. The Morgan fingerprint density at radius 2 is 2.10 bits per heavy atom. The Bertz CT molecular complexity index is 659. The molecule has 1 heterocycles. The number of carboxylic acids is 1. The number of aromatic carboxylic acids is 1. The number of aliphatic hydroxyl groups excluding tert-OH is 1. The summed E-state index contributed by atoms with van der Waals surface area (Å²) in [5.74, 6) is -0.0857. The summed E-state index contributed by atoms with van der Waals surface area (Å²) in [6, 6.07) is 5.21. The molecule has 0 aliphatic rings. The van der Waals surface area contributed by atoms with Crippen LogP contribution < -0.4 is 0 Å². The molecule has 21 heavy (non-hydrogen) atoms. The number of hydrogen-bond donors (Lipinski definition) is 2. The molecule has 1 aromatic carbocycles. The average molecular weight is 290 g/mol. The molecular formula is C16H22N2O3. The molecule has 0 saturated heterocycles. The summed E-state index contributed by atoms with van der Waals surface area (Å²) < 4.78 is 2.04. The Balaban J connectivity index is 2.63. The first-order chi connectivity index (χ1) is 9.89. The van der Waals surface area contributed by atoms with E-state index in [0.29, 0.717) is 12.1 Å². The van der Waals surface area contributed by atoms with Crippen molar-refractivity contribution in [3.8, 4) is 0 Å². The van der Waals surface area contributed by atoms with Crippen LogP contribution in [0.5, 0.6) is 0 Å². The predicted molar refractivity (Wildman–Crippen MR) is 81.6 cm³/mol. The molecule has 0 spiro atoms. The lowest BCUT2D eigenvalue weighted by Crippen LogP contribution is -2.24. The van der Waals surface area contributed by atoms with Crippen LogP contribution in [0, 0.1) is 5.41 Å². The summed E-state index contributed by atoms with van der Waals surface area (Å²) in [4.78, 5) is 15.9. The van der Waals surface area contributed by atoms with Crippen LogP contribution >= 0.6 is 0 Å². The van der Waals surface area contributed by atoms with Gasteiger partial charge >= 0.3 is 5.97 Å². The number of imidazole rings is 1. The van der Waals surface area contributed by atoms with Crippen LogP contribution in [-0.4, -0.2) is 32.3 Å². The molecule has 0 bridgehead atoms. The second-order valence-electron chi connectivity index (χ2n) is 6.16. The predicted octanol–water partition coefficient (Wildman–Crippen LogP) is 2.71. The number of para-hydroxylation sites is 1. The number of carbonyl (C=O) groups is 1. The molecule has 0 fully saturated rings. The minimum Gasteiger partial charge on any atom is -0.478 e. The summed E-state index contributed by atoms with van der Waals surface area (Å²) in [5, 5.41) is 18.8. The van der Waals surface area contributed by atoms with Crippen molar-refractivity contribution in [2.24, 2.45) is 5.41 Å². The van der Waals surface area contributed by atoms with Crippen LogP contribution in [0.15, 0.2) is 18.2 Å². The third-order valence-corrected chi connectivity index (χ3v) is 3.58. The van der Waals surface area contributed by atoms with E-state index in [1.165, 1.54) is 0 Å². The molecule has 2 rings (SSSR count). The van der Waals surface area contributed by atoms with E-state index in [0.717, 1.165) is 24.2 Å². The van der Waals surface area contributed by atoms with Crippen molar-refractivity contribution in [3.63, 3.8) is 0 Å². The molecule has 0 radical (unpaired) electrons. The summed E-state index contributed by atoms with van der Waals surface area (Å²) in [6.07, 6.45) is 1.72. The van der Waals surface area contributed by atoms with Gasteiger partial charge in [0.2, 0.25) is 0 Å². The van der Waals surface area contributed by atoms with Crippen molar-refractivity contribution < 1.29 is 15.0 Å². The fraction of sp³-hybridized carbons (Fsp3) is 0.500. The van der Waals surface area contributed by atoms with Gasteiger partial charge in [-0.15, -0.1) is 0 Å². The molecule has 1 aromatic heterocycles. The van der Waals surface area contributed by atoms with E-state index in [2.05, 4.69) is 11.9 Å². The van der Waals surface area contributed by atoms with E-state index in [-0.39, 0.29) is 17.6 Å². The molecule has 0 atom stereocenters. The third-order valence-electron chi connectivity index (χ3n) is 3.58. The van der Waals surface area contributed by atoms with Crippen LogP contribution in [0.25, 0.3) is 11.0 Å². The maximum atomic E-state index is 11.3. The van der Waals surface area contributed by atoms with Gasteiger partial charge in [0.05, 0.1) is 11.1 Å². The van der Waals surface area contributed by atoms with Crippen molar-refractivity contribution in [2.75, 3.05) is 6.61 Å². The number of nitrogens with zero attached hydrogens (tertiary/aromatic N) is 2. The summed E-state index contributed by atoms with van der Waals surface area (Å²) in [7, 11) is 0. The lowest BCUT2D eigenvalue weighted by atomic mass is 9.94. The van der Waals surface area contributed by atoms with E-state index >= 15 is 0 Å². The molecule has 5 heteroatoms. The highest BCUT2D eigenvalue weighted by molar-refractivity contribution is 6.01. The van der Waals surface area contributed by atoms with Gasteiger partial charge < -0.3 is 14.8 Å². The van der Waals surface area contributed by atoms with Crippen LogP contribution in [0.1, 0.15) is 43.4 Å². The zero-order valence-corrected chi connectivity index (χ0v) is 12.8. The first kappa shape index (κ1) is 15.5. The Kier molecular flexibility index (Phi) is 4.32. The van der Waals surface area contributed by atoms with Gasteiger partial charge in [-0.3, -0.25) is 0 Å². The van der Waals surface area contributed by atoms with Crippen LogP contribution in [0.2, 0.25) is 0 Å². The van der Waals surface area contributed by atoms with E-state index in [1.54, 1.807) is 12.1 Å². The number of aryl methyl sites for hydroxylation is 1. The number of rotatable bonds is 6. The first-order valence-electron chi connectivity index (χ1n) is 7.22. The standard InChI is InChI=1S/C16H22N2O3/c1-4-6-13-17-14-11(15(20)21)7-5-8-12(14)18(13)9-16(2,3)10-19/h5,7-8,19H,4,6,9-10H2,1-3H3,(H,20,21). The minimum absolute atomic E-state index is 0.0663. The number of carboxylic acid groups (broad SMARTS) is 1. The van der Waals surface area contributed by atoms with Crippen molar-refractivity contribution in [1.29, 1.82) is 0 Å². The molecule has 0 unspecified atom stereocenters. The summed E-state index contributed by atoms with van der Waals surface area (Å²) in [6.45, 7) is 6.71. The smallest absolute Gasteiger partial charge is 0.337 e. The van der Waals surface area contributed by atoms with Gasteiger partial charge in [0, 0.05) is 25.0 Å². The molecule has 2 aromatic rings. The number of aliphatic hydroxyl groups is 1. The van der Waals surface area contributed by atoms with Gasteiger partial charge in [-0.05, 0) is 18.6 Å². The summed E-state index contributed by atoms with van der Waals surface area (Å²) in [5.41, 5.74) is 1.29. The van der Waals surface area contributed by atoms with E-state index in [9.17, 15) is 15.0 Å². The SMILES string of the molecule is CCCc1nc2c(C(=O)O)cccc2n1CC(C)(C)CO. The molecule has 0 amide bonds. The van der Waals surface area contributed by atoms with E-state index in [4.69, 9.17) is 0 Å². The van der Waals surface area contributed by atoms with Gasteiger partial charge in [0.1, 0.15) is 11.3 Å². The molecule has 0 saturated carbocycles. The second kappa shape index (κ2) is 5.85. The Labute approximate surface area is 124 Å². The Hall–Kier alpha value is -1.88.